The Bertz CT molecular complexity index is 1110. The standard InChI is InChI=1S/C24H22ClN3O2S/c1-2-30-16-15-28-23(29)22(31-24(28)26-19-7-4-3-5-8-19)17-21-9-6-14-27(21)20-12-10-18(25)11-13-20/h3-14,17H,2,15-16H2,1H3/b22-17-,26-24?. The van der Waals surface area contributed by atoms with Crippen LogP contribution in [0.15, 0.2) is 82.8 Å². The first kappa shape index (κ1) is 21.4. The largest absolute Gasteiger partial charge is 0.380 e. The molecule has 4 rings (SSSR count). The SMILES string of the molecule is CCOCCN1C(=O)/C(=C/c2cccn2-c2ccc(Cl)cc2)SC1=Nc1ccccc1. The first-order valence-corrected chi connectivity index (χ1v) is 11.2. The van der Waals surface area contributed by atoms with E-state index in [0.717, 1.165) is 17.1 Å². The quantitative estimate of drug-likeness (QED) is 0.338. The van der Waals surface area contributed by atoms with Crippen LogP contribution in [0.4, 0.5) is 5.69 Å². The van der Waals surface area contributed by atoms with Crippen molar-refractivity contribution in [2.45, 2.75) is 6.92 Å². The number of hydrogen-bond donors (Lipinski definition) is 0. The van der Waals surface area contributed by atoms with Crippen LogP contribution in [0.5, 0.6) is 0 Å². The summed E-state index contributed by atoms with van der Waals surface area (Å²) in [5, 5.41) is 1.34. The zero-order valence-corrected chi connectivity index (χ0v) is 18.6. The maximum absolute atomic E-state index is 13.2. The molecule has 2 aromatic carbocycles. The van der Waals surface area contributed by atoms with Gasteiger partial charge < -0.3 is 9.30 Å². The molecule has 0 unspecified atom stereocenters. The topological polar surface area (TPSA) is 46.8 Å². The van der Waals surface area contributed by atoms with Crippen LogP contribution in [0.25, 0.3) is 11.8 Å². The van der Waals surface area contributed by atoms with Gasteiger partial charge in [0.15, 0.2) is 5.17 Å². The Labute approximate surface area is 191 Å². The van der Waals surface area contributed by atoms with E-state index in [2.05, 4.69) is 0 Å². The molecule has 0 aliphatic carbocycles. The number of aromatic nitrogens is 1. The number of carbonyl (C=O) groups excluding carboxylic acids is 1. The number of halogens is 1. The van der Waals surface area contributed by atoms with Crippen molar-refractivity contribution in [3.63, 3.8) is 0 Å². The highest BCUT2D eigenvalue weighted by Gasteiger charge is 2.33. The summed E-state index contributed by atoms with van der Waals surface area (Å²) in [6.07, 6.45) is 3.87. The fraction of sp³-hybridized carbons (Fsp3) is 0.167. The second kappa shape index (κ2) is 10.0. The maximum atomic E-state index is 13.2. The molecule has 0 spiro atoms. The van der Waals surface area contributed by atoms with Crippen LogP contribution in [0.2, 0.25) is 5.02 Å². The molecule has 0 N–H and O–H groups in total. The van der Waals surface area contributed by atoms with Gasteiger partial charge in [-0.1, -0.05) is 29.8 Å². The highest BCUT2D eigenvalue weighted by atomic mass is 35.5. The molecule has 1 aromatic heterocycles. The van der Waals surface area contributed by atoms with Crippen molar-refractivity contribution in [2.75, 3.05) is 19.8 Å². The lowest BCUT2D eigenvalue weighted by atomic mass is 10.3. The molecule has 0 saturated carbocycles. The molecule has 0 radical (unpaired) electrons. The molecular formula is C24H22ClN3O2S. The molecule has 2 heterocycles. The summed E-state index contributed by atoms with van der Waals surface area (Å²) in [6.45, 7) is 3.47. The average Bonchev–Trinajstić information content (AvgIpc) is 3.35. The van der Waals surface area contributed by atoms with E-state index in [-0.39, 0.29) is 5.91 Å². The Kier molecular flexibility index (Phi) is 6.92. The Morgan fingerprint density at radius 3 is 2.58 bits per heavy atom. The summed E-state index contributed by atoms with van der Waals surface area (Å²) in [5.41, 5.74) is 2.69. The van der Waals surface area contributed by atoms with Gasteiger partial charge in [-0.3, -0.25) is 9.69 Å². The van der Waals surface area contributed by atoms with Crippen molar-refractivity contribution in [2.24, 2.45) is 4.99 Å². The van der Waals surface area contributed by atoms with E-state index in [1.54, 1.807) is 4.90 Å². The second-order valence-electron chi connectivity index (χ2n) is 6.77. The van der Waals surface area contributed by atoms with Crippen molar-refractivity contribution in [1.29, 1.82) is 0 Å². The molecule has 0 bridgehead atoms. The molecule has 1 amide bonds. The van der Waals surface area contributed by atoms with Crippen LogP contribution in [0.1, 0.15) is 12.6 Å². The smallest absolute Gasteiger partial charge is 0.266 e. The van der Waals surface area contributed by atoms with E-state index < -0.39 is 0 Å². The summed E-state index contributed by atoms with van der Waals surface area (Å²) in [4.78, 5) is 20.2. The van der Waals surface area contributed by atoms with Gasteiger partial charge in [0.25, 0.3) is 5.91 Å². The second-order valence-corrected chi connectivity index (χ2v) is 8.22. The van der Waals surface area contributed by atoms with Gasteiger partial charge in [0.2, 0.25) is 0 Å². The van der Waals surface area contributed by atoms with Crippen LogP contribution < -0.4 is 0 Å². The number of benzene rings is 2. The van der Waals surface area contributed by atoms with E-state index in [1.807, 2.05) is 90.5 Å². The minimum atomic E-state index is -0.0664. The Morgan fingerprint density at radius 1 is 1.06 bits per heavy atom. The molecule has 1 aliphatic rings. The van der Waals surface area contributed by atoms with E-state index in [4.69, 9.17) is 21.3 Å². The zero-order valence-electron chi connectivity index (χ0n) is 17.1. The van der Waals surface area contributed by atoms with Crippen molar-refractivity contribution in [1.82, 2.24) is 9.47 Å². The summed E-state index contributed by atoms with van der Waals surface area (Å²) in [5.74, 6) is -0.0664. The van der Waals surface area contributed by atoms with Crippen LogP contribution in [-0.2, 0) is 9.53 Å². The van der Waals surface area contributed by atoms with Crippen molar-refractivity contribution in [3.05, 3.63) is 88.5 Å². The highest BCUT2D eigenvalue weighted by Crippen LogP contribution is 2.34. The van der Waals surface area contributed by atoms with Crippen LogP contribution >= 0.6 is 23.4 Å². The van der Waals surface area contributed by atoms with Gasteiger partial charge in [-0.2, -0.15) is 0 Å². The van der Waals surface area contributed by atoms with E-state index >= 15 is 0 Å². The highest BCUT2D eigenvalue weighted by molar-refractivity contribution is 8.18. The van der Waals surface area contributed by atoms with E-state index in [9.17, 15) is 4.79 Å². The van der Waals surface area contributed by atoms with E-state index in [0.29, 0.717) is 34.9 Å². The zero-order chi connectivity index (χ0) is 21.6. The molecule has 7 heteroatoms. The predicted molar refractivity (Wildman–Crippen MR) is 128 cm³/mol. The lowest BCUT2D eigenvalue weighted by Crippen LogP contribution is -2.32. The third-order valence-electron chi connectivity index (χ3n) is 4.70. The van der Waals surface area contributed by atoms with Crippen molar-refractivity contribution >= 4 is 46.2 Å². The Hall–Kier alpha value is -2.80. The fourth-order valence-electron chi connectivity index (χ4n) is 3.18. The number of aliphatic imine (C=N–C) groups is 1. The number of thioether (sulfide) groups is 1. The number of hydrogen-bond acceptors (Lipinski definition) is 4. The predicted octanol–water partition coefficient (Wildman–Crippen LogP) is 5.77. The van der Waals surface area contributed by atoms with Gasteiger partial charge in [0.05, 0.1) is 23.7 Å². The number of amidine groups is 1. The molecule has 1 saturated heterocycles. The average molecular weight is 452 g/mol. The molecule has 1 fully saturated rings. The summed E-state index contributed by atoms with van der Waals surface area (Å²) < 4.78 is 7.50. The monoisotopic (exact) mass is 451 g/mol. The Morgan fingerprint density at radius 2 is 1.84 bits per heavy atom. The molecule has 158 valence electrons. The van der Waals surface area contributed by atoms with Crippen molar-refractivity contribution < 1.29 is 9.53 Å². The van der Waals surface area contributed by atoms with Crippen LogP contribution in [-0.4, -0.2) is 40.3 Å². The van der Waals surface area contributed by atoms with Gasteiger partial charge in [0, 0.05) is 29.2 Å². The third kappa shape index (κ3) is 5.10. The van der Waals surface area contributed by atoms with Gasteiger partial charge in [-0.25, -0.2) is 4.99 Å². The molecule has 1 aliphatic heterocycles. The first-order valence-electron chi connectivity index (χ1n) is 10.0. The Balaban J connectivity index is 1.65. The number of rotatable bonds is 7. The number of para-hydroxylation sites is 1. The molecular weight excluding hydrogens is 430 g/mol. The third-order valence-corrected chi connectivity index (χ3v) is 5.96. The minimum absolute atomic E-state index is 0.0664. The van der Waals surface area contributed by atoms with Gasteiger partial charge >= 0.3 is 0 Å². The maximum Gasteiger partial charge on any atom is 0.266 e. The van der Waals surface area contributed by atoms with Gasteiger partial charge in [-0.05, 0) is 73.3 Å². The summed E-state index contributed by atoms with van der Waals surface area (Å²) >= 11 is 7.40. The van der Waals surface area contributed by atoms with Crippen LogP contribution in [0.3, 0.4) is 0 Å². The molecule has 3 aromatic rings. The number of ether oxygens (including phenoxy) is 1. The summed E-state index contributed by atoms with van der Waals surface area (Å²) in [6, 6.07) is 21.2. The van der Waals surface area contributed by atoms with Crippen molar-refractivity contribution in [3.8, 4) is 5.69 Å². The first-order chi connectivity index (χ1) is 15.2. The molecule has 0 atom stereocenters. The van der Waals surface area contributed by atoms with E-state index in [1.165, 1.54) is 11.8 Å². The van der Waals surface area contributed by atoms with Gasteiger partial charge in [-0.15, -0.1) is 0 Å². The van der Waals surface area contributed by atoms with Crippen LogP contribution in [0, 0.1) is 0 Å². The molecule has 31 heavy (non-hydrogen) atoms. The number of carbonyl (C=O) groups is 1. The fourth-order valence-corrected chi connectivity index (χ4v) is 4.32. The normalized spacial score (nSPS) is 16.6. The lowest BCUT2D eigenvalue weighted by Gasteiger charge is -2.15. The number of amides is 1. The molecule has 5 nitrogen and oxygen atoms in total. The van der Waals surface area contributed by atoms with Gasteiger partial charge in [0.1, 0.15) is 0 Å². The lowest BCUT2D eigenvalue weighted by molar-refractivity contribution is -0.122. The minimum Gasteiger partial charge on any atom is -0.380 e. The summed E-state index contributed by atoms with van der Waals surface area (Å²) in [7, 11) is 0. The number of nitrogens with zero attached hydrogens (tertiary/aromatic N) is 3.